The van der Waals surface area contributed by atoms with E-state index in [0.29, 0.717) is 5.52 Å². The Kier molecular flexibility index (Phi) is 2.93. The maximum Gasteiger partial charge on any atom is 0.320 e. The Morgan fingerprint density at radius 3 is 2.94 bits per heavy atom. The molecule has 2 aromatic rings. The zero-order chi connectivity index (χ0) is 12.4. The summed E-state index contributed by atoms with van der Waals surface area (Å²) in [5.74, 6) is -0.933. The molecule has 0 bridgehead atoms. The van der Waals surface area contributed by atoms with Crippen LogP contribution in [0.4, 0.5) is 0 Å². The van der Waals surface area contributed by atoms with Gasteiger partial charge in [-0.1, -0.05) is 12.1 Å². The number of phenols is 1. The van der Waals surface area contributed by atoms with E-state index >= 15 is 0 Å². The van der Waals surface area contributed by atoms with Crippen LogP contribution in [0.1, 0.15) is 5.56 Å². The Bertz CT molecular complexity index is 569. The maximum absolute atomic E-state index is 10.6. The number of phenolic OH excluding ortho intramolecular Hbond substituents is 1. The highest BCUT2D eigenvalue weighted by Crippen LogP contribution is 2.22. The molecule has 0 aliphatic rings. The van der Waals surface area contributed by atoms with Gasteiger partial charge in [0, 0.05) is 11.6 Å². The second-order valence-corrected chi connectivity index (χ2v) is 3.84. The fraction of sp³-hybridized carbons (Fsp3) is 0.167. The van der Waals surface area contributed by atoms with Crippen molar-refractivity contribution in [2.45, 2.75) is 12.5 Å². The molecule has 1 unspecified atom stereocenters. The van der Waals surface area contributed by atoms with E-state index in [1.807, 2.05) is 0 Å². The maximum atomic E-state index is 10.6. The molecule has 17 heavy (non-hydrogen) atoms. The van der Waals surface area contributed by atoms with Crippen LogP contribution in [0.3, 0.4) is 0 Å². The number of carbonyl (C=O) groups is 1. The molecule has 0 aliphatic heterocycles. The van der Waals surface area contributed by atoms with Crippen LogP contribution in [-0.2, 0) is 11.2 Å². The van der Waals surface area contributed by atoms with Crippen LogP contribution in [0.5, 0.6) is 5.75 Å². The van der Waals surface area contributed by atoms with Gasteiger partial charge in [0.2, 0.25) is 0 Å². The molecule has 0 fully saturated rings. The Morgan fingerprint density at radius 2 is 2.24 bits per heavy atom. The van der Waals surface area contributed by atoms with Crippen molar-refractivity contribution in [2.24, 2.45) is 5.73 Å². The van der Waals surface area contributed by atoms with E-state index in [2.05, 4.69) is 4.98 Å². The van der Waals surface area contributed by atoms with Gasteiger partial charge in [-0.2, -0.15) is 0 Å². The van der Waals surface area contributed by atoms with Gasteiger partial charge in [-0.3, -0.25) is 9.78 Å². The van der Waals surface area contributed by atoms with Crippen LogP contribution in [-0.4, -0.2) is 27.2 Å². The summed E-state index contributed by atoms with van der Waals surface area (Å²) in [5.41, 5.74) is 6.68. The molecular weight excluding hydrogens is 220 g/mol. The normalized spacial score (nSPS) is 12.5. The fourth-order valence-corrected chi connectivity index (χ4v) is 1.64. The number of aromatic hydroxyl groups is 1. The summed E-state index contributed by atoms with van der Waals surface area (Å²) in [6.07, 6.45) is 1.75. The first kappa shape index (κ1) is 11.3. The molecule has 5 nitrogen and oxygen atoms in total. The smallest absolute Gasteiger partial charge is 0.320 e. The van der Waals surface area contributed by atoms with Crippen molar-refractivity contribution in [3.05, 3.63) is 36.0 Å². The van der Waals surface area contributed by atoms with Crippen molar-refractivity contribution in [1.82, 2.24) is 4.98 Å². The molecule has 0 aliphatic carbocycles. The quantitative estimate of drug-likeness (QED) is 0.730. The highest BCUT2D eigenvalue weighted by molar-refractivity contribution is 5.84. The number of fused-ring (bicyclic) bond motifs is 1. The van der Waals surface area contributed by atoms with Gasteiger partial charge in [-0.05, 0) is 24.1 Å². The van der Waals surface area contributed by atoms with Gasteiger partial charge in [0.05, 0.1) is 0 Å². The van der Waals surface area contributed by atoms with E-state index in [-0.39, 0.29) is 12.2 Å². The molecule has 1 aromatic heterocycles. The Morgan fingerprint density at radius 1 is 1.47 bits per heavy atom. The van der Waals surface area contributed by atoms with E-state index in [9.17, 15) is 9.90 Å². The molecule has 4 N–H and O–H groups in total. The summed E-state index contributed by atoms with van der Waals surface area (Å²) < 4.78 is 0. The highest BCUT2D eigenvalue weighted by Gasteiger charge is 2.12. The van der Waals surface area contributed by atoms with Crippen molar-refractivity contribution in [3.8, 4) is 5.75 Å². The predicted octanol–water partition coefficient (Wildman–Crippen LogP) is 0.895. The van der Waals surface area contributed by atoms with Gasteiger partial charge in [0.15, 0.2) is 0 Å². The number of hydrogen-bond acceptors (Lipinski definition) is 4. The molecule has 1 aromatic carbocycles. The second-order valence-electron chi connectivity index (χ2n) is 3.84. The number of aliphatic carboxylic acids is 1. The second kappa shape index (κ2) is 4.39. The lowest BCUT2D eigenvalue weighted by Crippen LogP contribution is -2.32. The summed E-state index contributed by atoms with van der Waals surface area (Å²) in [6, 6.07) is 5.91. The van der Waals surface area contributed by atoms with Gasteiger partial charge in [0.1, 0.15) is 17.3 Å². The van der Waals surface area contributed by atoms with E-state index in [1.165, 1.54) is 6.20 Å². The van der Waals surface area contributed by atoms with Gasteiger partial charge in [-0.25, -0.2) is 0 Å². The average molecular weight is 232 g/mol. The van der Waals surface area contributed by atoms with Crippen LogP contribution >= 0.6 is 0 Å². The lowest BCUT2D eigenvalue weighted by atomic mass is 10.1. The summed E-state index contributed by atoms with van der Waals surface area (Å²) in [5, 5.41) is 19.0. The first-order valence-corrected chi connectivity index (χ1v) is 5.13. The lowest BCUT2D eigenvalue weighted by Gasteiger charge is -2.07. The average Bonchev–Trinajstić information content (AvgIpc) is 2.29. The zero-order valence-corrected chi connectivity index (χ0v) is 9.00. The number of aromatic nitrogens is 1. The van der Waals surface area contributed by atoms with Gasteiger partial charge in [-0.15, -0.1) is 0 Å². The number of benzene rings is 1. The molecular formula is C12H12N2O3. The Labute approximate surface area is 97.5 Å². The number of nitrogens with two attached hydrogens (primary N) is 1. The van der Waals surface area contributed by atoms with Gasteiger partial charge >= 0.3 is 5.97 Å². The number of carboxylic acid groups (broad SMARTS) is 1. The van der Waals surface area contributed by atoms with Crippen LogP contribution in [0.25, 0.3) is 10.9 Å². The number of carboxylic acids is 1. The molecule has 1 atom stereocenters. The van der Waals surface area contributed by atoms with Crippen molar-refractivity contribution >= 4 is 16.9 Å². The first-order valence-electron chi connectivity index (χ1n) is 5.13. The molecule has 88 valence electrons. The number of hydrogen-bond donors (Lipinski definition) is 3. The largest absolute Gasteiger partial charge is 0.506 e. The van der Waals surface area contributed by atoms with Crippen LogP contribution in [0, 0.1) is 0 Å². The van der Waals surface area contributed by atoms with Crippen molar-refractivity contribution in [2.75, 3.05) is 0 Å². The first-order chi connectivity index (χ1) is 8.08. The molecule has 0 spiro atoms. The van der Waals surface area contributed by atoms with Crippen LogP contribution in [0.15, 0.2) is 30.5 Å². The SMILES string of the molecule is NC(Cc1cnc2c(O)cccc2c1)C(=O)O. The molecule has 1 heterocycles. The van der Waals surface area contributed by atoms with Crippen LogP contribution < -0.4 is 5.73 Å². The zero-order valence-electron chi connectivity index (χ0n) is 9.00. The summed E-state index contributed by atoms with van der Waals surface area (Å²) in [4.78, 5) is 14.7. The third-order valence-electron chi connectivity index (χ3n) is 2.52. The summed E-state index contributed by atoms with van der Waals surface area (Å²) in [6.45, 7) is 0. The summed E-state index contributed by atoms with van der Waals surface area (Å²) >= 11 is 0. The van der Waals surface area contributed by atoms with Crippen molar-refractivity contribution in [3.63, 3.8) is 0 Å². The Hall–Kier alpha value is -2.14. The molecule has 0 amide bonds. The van der Waals surface area contributed by atoms with Crippen molar-refractivity contribution in [1.29, 1.82) is 0 Å². The minimum atomic E-state index is -1.04. The number of nitrogens with zero attached hydrogens (tertiary/aromatic N) is 1. The topological polar surface area (TPSA) is 96.4 Å². The van der Waals surface area contributed by atoms with Gasteiger partial charge < -0.3 is 15.9 Å². The van der Waals surface area contributed by atoms with E-state index in [1.54, 1.807) is 24.3 Å². The van der Waals surface area contributed by atoms with Crippen molar-refractivity contribution < 1.29 is 15.0 Å². The summed E-state index contributed by atoms with van der Waals surface area (Å²) in [7, 11) is 0. The molecule has 0 radical (unpaired) electrons. The van der Waals surface area contributed by atoms with E-state index in [4.69, 9.17) is 10.8 Å². The molecule has 0 saturated carbocycles. The predicted molar refractivity (Wildman–Crippen MR) is 62.7 cm³/mol. The minimum Gasteiger partial charge on any atom is -0.506 e. The highest BCUT2D eigenvalue weighted by atomic mass is 16.4. The van der Waals surface area contributed by atoms with Gasteiger partial charge in [0.25, 0.3) is 0 Å². The number of pyridine rings is 1. The number of rotatable bonds is 3. The molecule has 2 rings (SSSR count). The van der Waals surface area contributed by atoms with Crippen LogP contribution in [0.2, 0.25) is 0 Å². The van der Waals surface area contributed by atoms with E-state index < -0.39 is 12.0 Å². The number of para-hydroxylation sites is 1. The molecule has 5 heteroatoms. The fourth-order valence-electron chi connectivity index (χ4n) is 1.64. The monoisotopic (exact) mass is 232 g/mol. The standard InChI is InChI=1S/C12H12N2O3/c13-9(12(16)17)5-7-4-8-2-1-3-10(15)11(8)14-6-7/h1-4,6,9,15H,5,13H2,(H,16,17). The van der Waals surface area contributed by atoms with E-state index in [0.717, 1.165) is 10.9 Å². The third kappa shape index (κ3) is 2.34. The lowest BCUT2D eigenvalue weighted by molar-refractivity contribution is -0.138. The Balaban J connectivity index is 2.35. The third-order valence-corrected chi connectivity index (χ3v) is 2.52. The minimum absolute atomic E-state index is 0.108. The molecule has 0 saturated heterocycles.